The second-order valence-corrected chi connectivity index (χ2v) is 8.44. The summed E-state index contributed by atoms with van der Waals surface area (Å²) in [5.41, 5.74) is 13.1. The number of aromatic nitrogens is 1. The molecule has 0 spiro atoms. The van der Waals surface area contributed by atoms with Crippen LogP contribution in [0.15, 0.2) is 67.0 Å². The number of hydrogen-bond donors (Lipinski definition) is 5. The van der Waals surface area contributed by atoms with Crippen molar-refractivity contribution in [1.82, 2.24) is 26.9 Å². The van der Waals surface area contributed by atoms with E-state index in [0.29, 0.717) is 5.69 Å². The van der Waals surface area contributed by atoms with E-state index in [1.807, 2.05) is 18.3 Å². The van der Waals surface area contributed by atoms with Gasteiger partial charge in [0.15, 0.2) is 0 Å². The molecule has 2 aromatic heterocycles. The lowest BCUT2D eigenvalue weighted by Gasteiger charge is -2.10. The Morgan fingerprint density at radius 3 is 2.48 bits per heavy atom. The van der Waals surface area contributed by atoms with Gasteiger partial charge in [0.2, 0.25) is 0 Å². The molecule has 1 amide bonds. The van der Waals surface area contributed by atoms with Gasteiger partial charge >= 0.3 is 6.18 Å². The molecular weight excluding hydrogens is 453 g/mol. The first-order chi connectivity index (χ1) is 15.9. The van der Waals surface area contributed by atoms with E-state index in [0.717, 1.165) is 38.2 Å². The van der Waals surface area contributed by atoms with Crippen molar-refractivity contribution in [3.8, 4) is 11.1 Å². The second-order valence-electron chi connectivity index (χ2n) is 7.33. The lowest BCUT2D eigenvalue weighted by Crippen LogP contribution is -2.33. The molecule has 0 unspecified atom stereocenters. The number of nitrogens with zero attached hydrogens (tertiary/aromatic N) is 1. The molecule has 33 heavy (non-hydrogen) atoms. The summed E-state index contributed by atoms with van der Waals surface area (Å²) in [5, 5.41) is 3.69. The maximum Gasteiger partial charge on any atom is 0.416 e. The fourth-order valence-corrected chi connectivity index (χ4v) is 4.58. The minimum atomic E-state index is -4.51. The van der Waals surface area contributed by atoms with Crippen molar-refractivity contribution in [1.29, 1.82) is 0 Å². The van der Waals surface area contributed by atoms with Gasteiger partial charge in [-0.05, 0) is 42.0 Å². The Morgan fingerprint density at radius 2 is 1.76 bits per heavy atom. The van der Waals surface area contributed by atoms with Crippen molar-refractivity contribution in [2.75, 3.05) is 5.32 Å². The molecule has 0 atom stereocenters. The number of pyridine rings is 1. The molecule has 7 nitrogen and oxygen atoms in total. The quantitative estimate of drug-likeness (QED) is 0.305. The standard InChI is InChI=1S/C22H17F3N6OS/c23-22(24,25)14-3-1-2-13(8-14)21(32)27-15-6-4-12(5-7-15)17-10-26-11-19-16(17)9-18(33-19)20-28-30-31-29-20/h1-11,20,28-31H,(H,27,32). The zero-order chi connectivity index (χ0) is 23.0. The Bertz CT molecular complexity index is 1320. The van der Waals surface area contributed by atoms with Crippen LogP contribution in [-0.2, 0) is 6.18 Å². The van der Waals surface area contributed by atoms with Crippen LogP contribution in [0.25, 0.3) is 21.2 Å². The molecule has 0 aliphatic carbocycles. The zero-order valence-corrected chi connectivity index (χ0v) is 17.6. The van der Waals surface area contributed by atoms with Crippen molar-refractivity contribution in [3.63, 3.8) is 0 Å². The smallest absolute Gasteiger partial charge is 0.322 e. The van der Waals surface area contributed by atoms with E-state index in [4.69, 9.17) is 0 Å². The van der Waals surface area contributed by atoms with Gasteiger partial charge in [0.1, 0.15) is 6.17 Å². The lowest BCUT2D eigenvalue weighted by molar-refractivity contribution is -0.137. The summed E-state index contributed by atoms with van der Waals surface area (Å²) in [4.78, 5) is 17.9. The van der Waals surface area contributed by atoms with Gasteiger partial charge in [0.25, 0.3) is 5.91 Å². The largest absolute Gasteiger partial charge is 0.416 e. The molecule has 0 bridgehead atoms. The maximum atomic E-state index is 12.9. The number of carbonyl (C=O) groups excluding carboxylic acids is 1. The summed E-state index contributed by atoms with van der Waals surface area (Å²) in [6, 6.07) is 13.5. The first kappa shape index (κ1) is 21.5. The van der Waals surface area contributed by atoms with Gasteiger partial charge in [-0.25, -0.2) is 10.9 Å². The number of nitrogens with one attached hydrogen (secondary N) is 5. The average molecular weight is 470 g/mol. The predicted octanol–water partition coefficient (Wildman–Crippen LogP) is 4.35. The van der Waals surface area contributed by atoms with Crippen LogP contribution in [0.5, 0.6) is 0 Å². The molecule has 0 radical (unpaired) electrons. The summed E-state index contributed by atoms with van der Waals surface area (Å²) in [7, 11) is 0. The SMILES string of the molecule is O=C(Nc1ccc(-c2cncc3sc(C4NNNN4)cc23)cc1)c1cccc(C(F)(F)F)c1. The molecule has 2 aromatic carbocycles. The van der Waals surface area contributed by atoms with Crippen LogP contribution in [-0.4, -0.2) is 10.9 Å². The molecule has 11 heteroatoms. The summed E-state index contributed by atoms with van der Waals surface area (Å²) < 4.78 is 39.8. The highest BCUT2D eigenvalue weighted by molar-refractivity contribution is 7.19. The van der Waals surface area contributed by atoms with Crippen LogP contribution in [0.2, 0.25) is 0 Å². The van der Waals surface area contributed by atoms with E-state index in [9.17, 15) is 18.0 Å². The number of rotatable bonds is 4. The first-order valence-electron chi connectivity index (χ1n) is 9.86. The highest BCUT2D eigenvalue weighted by Gasteiger charge is 2.30. The fourth-order valence-electron chi connectivity index (χ4n) is 3.52. The van der Waals surface area contributed by atoms with Crippen molar-refractivity contribution in [3.05, 3.63) is 83.0 Å². The molecule has 1 fully saturated rings. The van der Waals surface area contributed by atoms with E-state index < -0.39 is 17.6 Å². The van der Waals surface area contributed by atoms with Gasteiger partial charge in [-0.3, -0.25) is 9.78 Å². The van der Waals surface area contributed by atoms with Gasteiger partial charge in [0.05, 0.1) is 10.3 Å². The molecule has 1 saturated heterocycles. The number of fused-ring (bicyclic) bond motifs is 1. The second kappa shape index (κ2) is 8.54. The molecular formula is C22H17F3N6OS. The van der Waals surface area contributed by atoms with Gasteiger partial charge in [-0.1, -0.05) is 18.2 Å². The highest BCUT2D eigenvalue weighted by atomic mass is 32.1. The molecule has 168 valence electrons. The molecule has 4 aromatic rings. The number of hydrazine groups is 3. The van der Waals surface area contributed by atoms with Crippen LogP contribution in [0.4, 0.5) is 18.9 Å². The van der Waals surface area contributed by atoms with E-state index >= 15 is 0 Å². The third-order valence-electron chi connectivity index (χ3n) is 5.15. The molecule has 3 heterocycles. The molecule has 5 N–H and O–H groups in total. The Labute approximate surface area is 189 Å². The Balaban J connectivity index is 1.37. The first-order valence-corrected chi connectivity index (χ1v) is 10.7. The van der Waals surface area contributed by atoms with E-state index in [1.165, 1.54) is 12.1 Å². The monoisotopic (exact) mass is 470 g/mol. The number of hydrogen-bond acceptors (Lipinski definition) is 7. The average Bonchev–Trinajstić information content (AvgIpc) is 3.49. The van der Waals surface area contributed by atoms with Gasteiger partial charge < -0.3 is 5.32 Å². The third-order valence-corrected chi connectivity index (χ3v) is 6.29. The summed E-state index contributed by atoms with van der Waals surface area (Å²) in [6.07, 6.45) is -0.998. The topological polar surface area (TPSA) is 90.1 Å². The number of benzene rings is 2. The Hall–Kier alpha value is -3.35. The predicted molar refractivity (Wildman–Crippen MR) is 120 cm³/mol. The minimum Gasteiger partial charge on any atom is -0.322 e. The summed E-state index contributed by atoms with van der Waals surface area (Å²) in [6.45, 7) is 0. The van der Waals surface area contributed by atoms with Crippen LogP contribution in [0, 0.1) is 0 Å². The number of anilines is 1. The van der Waals surface area contributed by atoms with Crippen LogP contribution < -0.4 is 27.2 Å². The fraction of sp³-hybridized carbons (Fsp3) is 0.0909. The Morgan fingerprint density at radius 1 is 1.00 bits per heavy atom. The van der Waals surface area contributed by atoms with E-state index in [2.05, 4.69) is 38.3 Å². The van der Waals surface area contributed by atoms with Gasteiger partial charge in [-0.2, -0.15) is 24.2 Å². The summed E-state index contributed by atoms with van der Waals surface area (Å²) in [5.74, 6) is -0.612. The third kappa shape index (κ3) is 4.45. The van der Waals surface area contributed by atoms with Crippen molar-refractivity contribution in [2.24, 2.45) is 0 Å². The van der Waals surface area contributed by atoms with E-state index in [1.54, 1.807) is 29.7 Å². The lowest BCUT2D eigenvalue weighted by atomic mass is 10.0. The van der Waals surface area contributed by atoms with Gasteiger partial charge in [0, 0.05) is 39.5 Å². The van der Waals surface area contributed by atoms with Crippen molar-refractivity contribution in [2.45, 2.75) is 12.3 Å². The minimum absolute atomic E-state index is 0.0632. The maximum absolute atomic E-state index is 12.9. The zero-order valence-electron chi connectivity index (χ0n) is 16.8. The van der Waals surface area contributed by atoms with Crippen molar-refractivity contribution >= 4 is 33.0 Å². The van der Waals surface area contributed by atoms with Crippen LogP contribution in [0.1, 0.15) is 27.0 Å². The van der Waals surface area contributed by atoms with Crippen molar-refractivity contribution < 1.29 is 18.0 Å². The van der Waals surface area contributed by atoms with Crippen LogP contribution in [0.3, 0.4) is 0 Å². The van der Waals surface area contributed by atoms with E-state index in [-0.39, 0.29) is 11.7 Å². The highest BCUT2D eigenvalue weighted by Crippen LogP contribution is 2.36. The number of carbonyl (C=O) groups is 1. The molecule has 1 aliphatic heterocycles. The molecule has 5 rings (SSSR count). The normalized spacial score (nSPS) is 14.6. The number of alkyl halides is 3. The Kier molecular flexibility index (Phi) is 5.56. The number of halogens is 3. The molecule has 0 saturated carbocycles. The molecule has 1 aliphatic rings. The number of thiophene rings is 1. The summed E-state index contributed by atoms with van der Waals surface area (Å²) >= 11 is 1.61. The van der Waals surface area contributed by atoms with Crippen LogP contribution >= 0.6 is 11.3 Å². The van der Waals surface area contributed by atoms with Gasteiger partial charge in [-0.15, -0.1) is 11.3 Å². The number of amides is 1.